The zero-order chi connectivity index (χ0) is 26.1. The van der Waals surface area contributed by atoms with Gasteiger partial charge in [-0.3, -0.25) is 29.0 Å². The summed E-state index contributed by atoms with van der Waals surface area (Å²) < 4.78 is 0. The molecule has 0 N–H and O–H groups in total. The molecule has 1 saturated carbocycles. The van der Waals surface area contributed by atoms with Gasteiger partial charge < -0.3 is 0 Å². The summed E-state index contributed by atoms with van der Waals surface area (Å²) in [4.78, 5) is 54.2. The Labute approximate surface area is 219 Å². The summed E-state index contributed by atoms with van der Waals surface area (Å²) in [6.07, 6.45) is 5.51. The van der Waals surface area contributed by atoms with E-state index in [9.17, 15) is 19.2 Å². The second-order valence-electron chi connectivity index (χ2n) is 10.9. The van der Waals surface area contributed by atoms with Crippen molar-refractivity contribution in [1.29, 1.82) is 0 Å². The van der Waals surface area contributed by atoms with E-state index in [1.54, 1.807) is 6.07 Å². The second-order valence-corrected chi connectivity index (χ2v) is 10.9. The van der Waals surface area contributed by atoms with E-state index in [0.29, 0.717) is 17.5 Å². The Bertz CT molecular complexity index is 1240. The van der Waals surface area contributed by atoms with Crippen molar-refractivity contribution in [3.63, 3.8) is 0 Å². The van der Waals surface area contributed by atoms with Gasteiger partial charge in [-0.1, -0.05) is 43.7 Å². The standard InChI is InChI=1S/C31H36N2O4/c1-3-21-13-15-32(16-14-21)19-24-10-8-22(17-20(24)2)7-9-23-5-4-6-26-29(23)31(37)33(30(26)36)27-12-11-25(34)18-28(27)35/h4-6,8,10,17,21,27H,3,7,9,11-16,18-19H2,1-2H3. The first-order chi connectivity index (χ1) is 17.9. The Balaban J connectivity index is 1.26. The molecule has 0 radical (unpaired) electrons. The third kappa shape index (κ3) is 5.17. The molecule has 0 bridgehead atoms. The molecular formula is C31H36N2O4. The van der Waals surface area contributed by atoms with E-state index in [4.69, 9.17) is 0 Å². The van der Waals surface area contributed by atoms with Gasteiger partial charge in [0.25, 0.3) is 11.8 Å². The van der Waals surface area contributed by atoms with Crippen molar-refractivity contribution in [2.24, 2.45) is 5.92 Å². The molecule has 2 fully saturated rings. The first-order valence-electron chi connectivity index (χ1n) is 13.7. The van der Waals surface area contributed by atoms with Crippen molar-refractivity contribution in [3.05, 3.63) is 69.8 Å². The van der Waals surface area contributed by atoms with Gasteiger partial charge in [-0.2, -0.15) is 0 Å². The number of carbonyl (C=O) groups is 4. The smallest absolute Gasteiger partial charge is 0.262 e. The number of rotatable bonds is 7. The van der Waals surface area contributed by atoms with Gasteiger partial charge in [0.1, 0.15) is 5.78 Å². The highest BCUT2D eigenvalue weighted by Gasteiger charge is 2.45. The van der Waals surface area contributed by atoms with Gasteiger partial charge >= 0.3 is 0 Å². The van der Waals surface area contributed by atoms with Gasteiger partial charge in [0.15, 0.2) is 5.78 Å². The van der Waals surface area contributed by atoms with Crippen LogP contribution in [-0.2, 0) is 29.0 Å². The topological polar surface area (TPSA) is 74.8 Å². The Morgan fingerprint density at radius 2 is 1.68 bits per heavy atom. The van der Waals surface area contributed by atoms with Gasteiger partial charge in [-0.15, -0.1) is 0 Å². The van der Waals surface area contributed by atoms with Gasteiger partial charge in [-0.25, -0.2) is 0 Å². The lowest BCUT2D eigenvalue weighted by molar-refractivity contribution is -0.132. The molecular weight excluding hydrogens is 464 g/mol. The fourth-order valence-electron chi connectivity index (χ4n) is 6.16. The fourth-order valence-corrected chi connectivity index (χ4v) is 6.16. The maximum atomic E-state index is 13.4. The zero-order valence-corrected chi connectivity index (χ0v) is 21.9. The first-order valence-corrected chi connectivity index (χ1v) is 13.7. The van der Waals surface area contributed by atoms with Crippen LogP contribution in [0.1, 0.15) is 88.4 Å². The number of fused-ring (bicyclic) bond motifs is 1. The highest BCUT2D eigenvalue weighted by atomic mass is 16.2. The summed E-state index contributed by atoms with van der Waals surface area (Å²) in [6, 6.07) is 11.2. The predicted octanol–water partition coefficient (Wildman–Crippen LogP) is 4.69. The van der Waals surface area contributed by atoms with E-state index >= 15 is 0 Å². The number of aryl methyl sites for hydroxylation is 3. The van der Waals surface area contributed by atoms with Gasteiger partial charge in [0.05, 0.1) is 23.6 Å². The minimum atomic E-state index is -0.832. The molecule has 2 aromatic rings. The second kappa shape index (κ2) is 10.7. The van der Waals surface area contributed by atoms with Crippen molar-refractivity contribution >= 4 is 23.4 Å². The molecule has 1 aliphatic carbocycles. The molecule has 0 spiro atoms. The Kier molecular flexibility index (Phi) is 7.38. The van der Waals surface area contributed by atoms with E-state index in [2.05, 4.69) is 36.9 Å². The van der Waals surface area contributed by atoms with Crippen molar-refractivity contribution in [3.8, 4) is 0 Å². The van der Waals surface area contributed by atoms with Crippen LogP contribution in [0.2, 0.25) is 0 Å². The lowest BCUT2D eigenvalue weighted by atomic mass is 9.92. The minimum absolute atomic E-state index is 0.124. The molecule has 2 amide bonds. The summed E-state index contributed by atoms with van der Waals surface area (Å²) in [5.41, 5.74) is 5.48. The van der Waals surface area contributed by atoms with E-state index in [1.807, 2.05) is 12.1 Å². The predicted molar refractivity (Wildman–Crippen MR) is 141 cm³/mol. The molecule has 0 aromatic heterocycles. The molecule has 2 heterocycles. The summed E-state index contributed by atoms with van der Waals surface area (Å²) in [5.74, 6) is -0.404. The van der Waals surface area contributed by atoms with Crippen molar-refractivity contribution in [2.75, 3.05) is 13.1 Å². The summed E-state index contributed by atoms with van der Waals surface area (Å²) >= 11 is 0. The average molecular weight is 501 g/mol. The highest BCUT2D eigenvalue weighted by molar-refractivity contribution is 6.24. The summed E-state index contributed by atoms with van der Waals surface area (Å²) in [7, 11) is 0. The maximum Gasteiger partial charge on any atom is 0.262 e. The molecule has 194 valence electrons. The number of imide groups is 1. The van der Waals surface area contributed by atoms with Crippen LogP contribution in [0.5, 0.6) is 0 Å². The third-order valence-electron chi connectivity index (χ3n) is 8.55. The largest absolute Gasteiger partial charge is 0.299 e. The maximum absolute atomic E-state index is 13.4. The molecule has 37 heavy (non-hydrogen) atoms. The normalized spacial score (nSPS) is 21.1. The molecule has 6 nitrogen and oxygen atoms in total. The summed E-state index contributed by atoms with van der Waals surface area (Å²) in [5, 5.41) is 0. The van der Waals surface area contributed by atoms with Crippen molar-refractivity contribution in [1.82, 2.24) is 9.80 Å². The van der Waals surface area contributed by atoms with Crippen LogP contribution in [0.4, 0.5) is 0 Å². The number of hydrogen-bond acceptors (Lipinski definition) is 5. The molecule has 1 saturated heterocycles. The number of nitrogens with zero attached hydrogens (tertiary/aromatic N) is 2. The molecule has 1 unspecified atom stereocenters. The Morgan fingerprint density at radius 3 is 2.38 bits per heavy atom. The van der Waals surface area contributed by atoms with Gasteiger partial charge in [0.2, 0.25) is 0 Å². The van der Waals surface area contributed by atoms with Crippen LogP contribution in [0.25, 0.3) is 0 Å². The number of piperidine rings is 1. The lowest BCUT2D eigenvalue weighted by Gasteiger charge is -2.31. The van der Waals surface area contributed by atoms with Crippen LogP contribution in [0.15, 0.2) is 36.4 Å². The minimum Gasteiger partial charge on any atom is -0.299 e. The van der Waals surface area contributed by atoms with Gasteiger partial charge in [-0.05, 0) is 86.4 Å². The van der Waals surface area contributed by atoms with Crippen LogP contribution < -0.4 is 0 Å². The molecule has 2 aliphatic heterocycles. The molecule has 6 heteroatoms. The lowest BCUT2D eigenvalue weighted by Crippen LogP contribution is -2.47. The van der Waals surface area contributed by atoms with Crippen molar-refractivity contribution < 1.29 is 19.2 Å². The van der Waals surface area contributed by atoms with E-state index in [0.717, 1.165) is 29.3 Å². The number of Topliss-reactive ketones (excluding diaryl/α,β-unsaturated/α-hetero) is 2. The third-order valence-corrected chi connectivity index (χ3v) is 8.55. The zero-order valence-electron chi connectivity index (χ0n) is 21.9. The first kappa shape index (κ1) is 25.5. The molecule has 3 aliphatic rings. The number of benzene rings is 2. The average Bonchev–Trinajstić information content (AvgIpc) is 3.15. The number of amides is 2. The highest BCUT2D eigenvalue weighted by Crippen LogP contribution is 2.32. The molecule has 2 aromatic carbocycles. The van der Waals surface area contributed by atoms with E-state index < -0.39 is 17.9 Å². The van der Waals surface area contributed by atoms with Crippen LogP contribution in [0.3, 0.4) is 0 Å². The van der Waals surface area contributed by atoms with Gasteiger partial charge in [0, 0.05) is 13.0 Å². The van der Waals surface area contributed by atoms with E-state index in [-0.39, 0.29) is 30.8 Å². The number of likely N-dealkylation sites (tertiary alicyclic amines) is 1. The molecule has 1 atom stereocenters. The Hall–Kier alpha value is -3.12. The number of carbonyl (C=O) groups excluding carboxylic acids is 4. The van der Waals surface area contributed by atoms with Crippen LogP contribution in [0, 0.1) is 12.8 Å². The monoisotopic (exact) mass is 500 g/mol. The van der Waals surface area contributed by atoms with Crippen molar-refractivity contribution in [2.45, 2.75) is 77.8 Å². The SMILES string of the molecule is CCC1CCN(Cc2ccc(CCc3cccc4c3C(=O)N(C3CCC(=O)CC3=O)C4=O)cc2C)CC1. The Morgan fingerprint density at radius 1 is 0.892 bits per heavy atom. The van der Waals surface area contributed by atoms with E-state index in [1.165, 1.54) is 49.0 Å². The summed E-state index contributed by atoms with van der Waals surface area (Å²) in [6.45, 7) is 7.80. The quantitative estimate of drug-likeness (QED) is 0.407. The fraction of sp³-hybridized carbons (Fsp3) is 0.484. The number of ketones is 2. The number of hydrogen-bond donors (Lipinski definition) is 0. The molecule has 5 rings (SSSR count). The van der Waals surface area contributed by atoms with Crippen LogP contribution >= 0.6 is 0 Å². The van der Waals surface area contributed by atoms with Crippen LogP contribution in [-0.4, -0.2) is 52.3 Å².